The number of carbonyl (C=O) groups is 2. The summed E-state index contributed by atoms with van der Waals surface area (Å²) in [5, 5.41) is 0. The van der Waals surface area contributed by atoms with Gasteiger partial charge in [-0.2, -0.15) is 0 Å². The minimum atomic E-state index is -0.359. The largest absolute Gasteiger partial charge is 0.469 e. The van der Waals surface area contributed by atoms with Crippen molar-refractivity contribution in [1.82, 2.24) is 0 Å². The van der Waals surface area contributed by atoms with E-state index in [1.165, 1.54) is 7.11 Å². The molecular weight excluding hydrogens is 356 g/mol. The quantitative estimate of drug-likeness (QED) is 0.313. The lowest BCUT2D eigenvalue weighted by atomic mass is 10.2. The fourth-order valence-electron chi connectivity index (χ4n) is 1.87. The van der Waals surface area contributed by atoms with Gasteiger partial charge in [0, 0.05) is 0 Å². The van der Waals surface area contributed by atoms with Crippen LogP contribution in [0.1, 0.15) is 16.8 Å². The van der Waals surface area contributed by atoms with E-state index in [0.717, 1.165) is 0 Å². The zero-order valence-electron chi connectivity index (χ0n) is 15.7. The number of methoxy groups -OCH3 is 1. The van der Waals surface area contributed by atoms with E-state index in [1.54, 1.807) is 24.3 Å². The van der Waals surface area contributed by atoms with Crippen molar-refractivity contribution in [2.24, 2.45) is 0 Å². The van der Waals surface area contributed by atoms with Gasteiger partial charge in [0.25, 0.3) is 0 Å². The molecule has 0 unspecified atom stereocenters. The summed E-state index contributed by atoms with van der Waals surface area (Å²) in [5.74, 6) is -0.650. The molecule has 0 aliphatic carbocycles. The molecule has 1 rings (SSSR count). The van der Waals surface area contributed by atoms with Gasteiger partial charge >= 0.3 is 11.9 Å². The predicted octanol–water partition coefficient (Wildman–Crippen LogP) is 1.47. The van der Waals surface area contributed by atoms with Crippen molar-refractivity contribution in [1.29, 1.82) is 0 Å². The zero-order valence-corrected chi connectivity index (χ0v) is 15.7. The lowest BCUT2D eigenvalue weighted by Crippen LogP contribution is -2.15. The maximum atomic E-state index is 11.7. The second kappa shape index (κ2) is 16.2. The molecule has 0 saturated heterocycles. The summed E-state index contributed by atoms with van der Waals surface area (Å²) in [6, 6.07) is 8.81. The van der Waals surface area contributed by atoms with Crippen molar-refractivity contribution in [3.05, 3.63) is 35.9 Å². The second-order valence-corrected chi connectivity index (χ2v) is 5.28. The average molecular weight is 384 g/mol. The maximum absolute atomic E-state index is 11.7. The van der Waals surface area contributed by atoms with E-state index >= 15 is 0 Å². The Morgan fingerprint density at radius 3 is 1.70 bits per heavy atom. The van der Waals surface area contributed by atoms with Crippen molar-refractivity contribution in [2.45, 2.75) is 6.42 Å². The Morgan fingerprint density at radius 1 is 0.704 bits per heavy atom. The highest BCUT2D eigenvalue weighted by molar-refractivity contribution is 5.89. The molecule has 8 heteroatoms. The van der Waals surface area contributed by atoms with Crippen molar-refractivity contribution in [3.63, 3.8) is 0 Å². The van der Waals surface area contributed by atoms with Crippen LogP contribution in [-0.2, 0) is 33.2 Å². The Hall–Kier alpha value is -2.00. The molecule has 0 aliphatic rings. The molecule has 0 bridgehead atoms. The van der Waals surface area contributed by atoms with E-state index in [9.17, 15) is 9.59 Å². The highest BCUT2D eigenvalue weighted by atomic mass is 16.6. The highest BCUT2D eigenvalue weighted by Gasteiger charge is 2.05. The van der Waals surface area contributed by atoms with Gasteiger partial charge in [0.05, 0.1) is 71.9 Å². The number of carbonyl (C=O) groups excluding carboxylic acids is 2. The third kappa shape index (κ3) is 12.9. The maximum Gasteiger partial charge on any atom is 0.338 e. The second-order valence-electron chi connectivity index (χ2n) is 5.28. The summed E-state index contributed by atoms with van der Waals surface area (Å²) in [5.41, 5.74) is 0.523. The first-order valence-corrected chi connectivity index (χ1v) is 8.84. The summed E-state index contributed by atoms with van der Waals surface area (Å²) in [4.78, 5) is 22.5. The molecule has 0 aromatic heterocycles. The van der Waals surface area contributed by atoms with Crippen molar-refractivity contribution < 1.29 is 38.0 Å². The topological polar surface area (TPSA) is 89.5 Å². The molecule has 0 atom stereocenters. The number of rotatable bonds is 16. The molecule has 0 saturated carbocycles. The molecule has 1 aromatic carbocycles. The number of ether oxygens (including phenoxy) is 6. The van der Waals surface area contributed by atoms with Crippen LogP contribution in [0.4, 0.5) is 0 Å². The Kier molecular flexibility index (Phi) is 13.8. The molecule has 27 heavy (non-hydrogen) atoms. The monoisotopic (exact) mass is 384 g/mol. The lowest BCUT2D eigenvalue weighted by molar-refractivity contribution is -0.141. The molecular formula is C19H28O8. The Morgan fingerprint density at radius 2 is 1.19 bits per heavy atom. The third-order valence-corrected chi connectivity index (χ3v) is 3.26. The van der Waals surface area contributed by atoms with Crippen LogP contribution in [0.2, 0.25) is 0 Å². The van der Waals surface area contributed by atoms with E-state index in [0.29, 0.717) is 58.4 Å². The van der Waals surface area contributed by atoms with Gasteiger partial charge < -0.3 is 28.4 Å². The average Bonchev–Trinajstić information content (AvgIpc) is 2.71. The van der Waals surface area contributed by atoms with E-state index in [4.69, 9.17) is 23.7 Å². The van der Waals surface area contributed by atoms with E-state index < -0.39 is 0 Å². The van der Waals surface area contributed by atoms with Gasteiger partial charge in [-0.15, -0.1) is 0 Å². The summed E-state index contributed by atoms with van der Waals surface area (Å²) in [6.07, 6.45) is 0.241. The summed E-state index contributed by atoms with van der Waals surface area (Å²) < 4.78 is 30.8. The molecule has 0 N–H and O–H groups in total. The van der Waals surface area contributed by atoms with Crippen molar-refractivity contribution >= 4 is 11.9 Å². The predicted molar refractivity (Wildman–Crippen MR) is 96.6 cm³/mol. The van der Waals surface area contributed by atoms with E-state index in [2.05, 4.69) is 4.74 Å². The van der Waals surface area contributed by atoms with Crippen LogP contribution in [-0.4, -0.2) is 78.5 Å². The van der Waals surface area contributed by atoms with Crippen LogP contribution in [0.25, 0.3) is 0 Å². The molecule has 1 aromatic rings. The minimum absolute atomic E-state index is 0.201. The summed E-state index contributed by atoms with van der Waals surface area (Å²) >= 11 is 0. The van der Waals surface area contributed by atoms with Crippen LogP contribution in [0.15, 0.2) is 30.3 Å². The lowest BCUT2D eigenvalue weighted by Gasteiger charge is -2.08. The fraction of sp³-hybridized carbons (Fsp3) is 0.579. The van der Waals surface area contributed by atoms with Crippen molar-refractivity contribution in [3.8, 4) is 0 Å². The first-order valence-electron chi connectivity index (χ1n) is 8.84. The van der Waals surface area contributed by atoms with Gasteiger partial charge in [-0.3, -0.25) is 4.79 Å². The number of esters is 2. The van der Waals surface area contributed by atoms with Gasteiger partial charge in [0.1, 0.15) is 6.61 Å². The normalized spacial score (nSPS) is 10.6. The number of benzene rings is 1. The third-order valence-electron chi connectivity index (χ3n) is 3.26. The summed E-state index contributed by atoms with van der Waals surface area (Å²) in [6.45, 7) is 3.46. The van der Waals surface area contributed by atoms with E-state index in [-0.39, 0.29) is 25.0 Å². The molecule has 0 amide bonds. The fourth-order valence-corrected chi connectivity index (χ4v) is 1.87. The van der Waals surface area contributed by atoms with Crippen LogP contribution < -0.4 is 0 Å². The van der Waals surface area contributed by atoms with Crippen LogP contribution >= 0.6 is 0 Å². The Labute approximate surface area is 159 Å². The SMILES string of the molecule is COC(=O)CCOCCOCCOCCOCCOC(=O)c1ccccc1. The van der Waals surface area contributed by atoms with Gasteiger partial charge in [0.2, 0.25) is 0 Å². The minimum Gasteiger partial charge on any atom is -0.469 e. The first kappa shape index (κ1) is 23.0. The van der Waals surface area contributed by atoms with Gasteiger partial charge in [0.15, 0.2) is 0 Å². The van der Waals surface area contributed by atoms with Crippen LogP contribution in [0, 0.1) is 0 Å². The molecule has 0 heterocycles. The molecule has 8 nitrogen and oxygen atoms in total. The van der Waals surface area contributed by atoms with Gasteiger partial charge in [-0.1, -0.05) is 18.2 Å². The smallest absolute Gasteiger partial charge is 0.338 e. The number of hydrogen-bond acceptors (Lipinski definition) is 8. The van der Waals surface area contributed by atoms with Gasteiger partial charge in [-0.05, 0) is 12.1 Å². The Bertz CT molecular complexity index is 506. The van der Waals surface area contributed by atoms with Gasteiger partial charge in [-0.25, -0.2) is 4.79 Å². The molecule has 0 aliphatic heterocycles. The first-order chi connectivity index (χ1) is 13.2. The van der Waals surface area contributed by atoms with Crippen LogP contribution in [0.5, 0.6) is 0 Å². The molecule has 0 fully saturated rings. The standard InChI is InChI=1S/C19H28O8/c1-22-18(20)7-8-23-9-10-24-11-12-25-13-14-26-15-16-27-19(21)17-5-3-2-4-6-17/h2-6H,7-16H2,1H3. The summed E-state index contributed by atoms with van der Waals surface area (Å²) in [7, 11) is 1.34. The zero-order chi connectivity index (χ0) is 19.6. The molecule has 0 spiro atoms. The van der Waals surface area contributed by atoms with Crippen molar-refractivity contribution in [2.75, 3.05) is 66.6 Å². The Balaban J connectivity index is 1.78. The molecule has 0 radical (unpaired) electrons. The van der Waals surface area contributed by atoms with Crippen LogP contribution in [0.3, 0.4) is 0 Å². The molecule has 152 valence electrons. The highest BCUT2D eigenvalue weighted by Crippen LogP contribution is 2.00. The van der Waals surface area contributed by atoms with E-state index in [1.807, 2.05) is 6.07 Å². The number of hydrogen-bond donors (Lipinski definition) is 0.